The lowest BCUT2D eigenvalue weighted by Gasteiger charge is -2.28. The number of methoxy groups -OCH3 is 1. The molecule has 2 aromatic rings. The van der Waals surface area contributed by atoms with Gasteiger partial charge in [-0.2, -0.15) is 0 Å². The van der Waals surface area contributed by atoms with Gasteiger partial charge in [0.05, 0.1) is 7.11 Å². The minimum Gasteiger partial charge on any atom is -0.494 e. The first-order chi connectivity index (χ1) is 12.4. The first-order valence-electron chi connectivity index (χ1n) is 8.50. The van der Waals surface area contributed by atoms with E-state index in [0.29, 0.717) is 17.8 Å². The van der Waals surface area contributed by atoms with Gasteiger partial charge in [-0.05, 0) is 41.8 Å². The molecule has 1 heterocycles. The van der Waals surface area contributed by atoms with Gasteiger partial charge in [-0.25, -0.2) is 4.39 Å². The molecule has 0 bridgehead atoms. The Morgan fingerprint density at radius 3 is 2.81 bits per heavy atom. The van der Waals surface area contributed by atoms with Gasteiger partial charge in [-0.1, -0.05) is 19.1 Å². The minimum absolute atomic E-state index is 0.0880. The Morgan fingerprint density at radius 2 is 2.12 bits per heavy atom. The van der Waals surface area contributed by atoms with Crippen LogP contribution in [0, 0.1) is 12.7 Å². The van der Waals surface area contributed by atoms with Gasteiger partial charge in [0, 0.05) is 30.1 Å². The molecule has 0 saturated carbocycles. The highest BCUT2D eigenvalue weighted by Gasteiger charge is 2.28. The minimum atomic E-state index is -0.439. The summed E-state index contributed by atoms with van der Waals surface area (Å²) in [4.78, 5) is 23.9. The molecule has 1 unspecified atom stereocenters. The van der Waals surface area contributed by atoms with Crippen molar-refractivity contribution in [1.82, 2.24) is 0 Å². The van der Waals surface area contributed by atoms with E-state index in [2.05, 4.69) is 10.6 Å². The molecule has 3 rings (SSSR count). The summed E-state index contributed by atoms with van der Waals surface area (Å²) >= 11 is 0. The molecule has 0 spiro atoms. The van der Waals surface area contributed by atoms with Gasteiger partial charge >= 0.3 is 0 Å². The summed E-state index contributed by atoms with van der Waals surface area (Å²) in [6.07, 6.45) is 0.642. The van der Waals surface area contributed by atoms with E-state index < -0.39 is 5.82 Å². The number of carbonyl (C=O) groups excluding carboxylic acids is 2. The fraction of sp³-hybridized carbons (Fsp3) is 0.300. The second-order valence-corrected chi connectivity index (χ2v) is 6.35. The molecule has 2 N–H and O–H groups in total. The van der Waals surface area contributed by atoms with Crippen molar-refractivity contribution in [1.29, 1.82) is 0 Å². The zero-order valence-corrected chi connectivity index (χ0v) is 15.0. The Kier molecular flexibility index (Phi) is 4.93. The first-order valence-corrected chi connectivity index (χ1v) is 8.50. The van der Waals surface area contributed by atoms with Crippen molar-refractivity contribution < 1.29 is 18.7 Å². The number of carbonyl (C=O) groups is 2. The fourth-order valence-corrected chi connectivity index (χ4v) is 3.19. The number of hydrogen-bond donors (Lipinski definition) is 2. The van der Waals surface area contributed by atoms with Crippen molar-refractivity contribution in [3.05, 3.63) is 52.8 Å². The van der Waals surface area contributed by atoms with E-state index in [1.807, 2.05) is 13.0 Å². The quantitative estimate of drug-likeness (QED) is 0.871. The molecule has 0 fully saturated rings. The Balaban J connectivity index is 2.05. The molecular formula is C20H21FN2O3. The molecule has 5 nitrogen and oxygen atoms in total. The van der Waals surface area contributed by atoms with Crippen LogP contribution in [-0.2, 0) is 9.59 Å². The van der Waals surface area contributed by atoms with E-state index in [0.717, 1.165) is 16.7 Å². The van der Waals surface area contributed by atoms with Crippen LogP contribution in [0.4, 0.5) is 15.8 Å². The maximum Gasteiger partial charge on any atom is 0.225 e. The second kappa shape index (κ2) is 7.15. The summed E-state index contributed by atoms with van der Waals surface area (Å²) in [5.41, 5.74) is 3.98. The van der Waals surface area contributed by atoms with Crippen molar-refractivity contribution in [3.63, 3.8) is 0 Å². The molecule has 1 aliphatic rings. The summed E-state index contributed by atoms with van der Waals surface area (Å²) in [7, 11) is 1.41. The zero-order valence-electron chi connectivity index (χ0n) is 15.0. The van der Waals surface area contributed by atoms with Gasteiger partial charge in [0.1, 0.15) is 0 Å². The molecule has 2 aromatic carbocycles. The SMILES string of the molecule is CCC(=O)Nc1cc2c(cc1C)C(c1ccc(F)c(OC)c1)CC(=O)N2. The van der Waals surface area contributed by atoms with Crippen molar-refractivity contribution in [3.8, 4) is 5.75 Å². The Bertz CT molecular complexity index is 880. The standard InChI is InChI=1S/C20H21FN2O3/c1-4-19(24)22-16-10-17-14(7-11(16)2)13(9-20(25)23-17)12-5-6-15(21)18(8-12)26-3/h5-8,10,13H,4,9H2,1-3H3,(H,22,24)(H,23,25). The summed E-state index contributed by atoms with van der Waals surface area (Å²) in [6.45, 7) is 3.69. The summed E-state index contributed by atoms with van der Waals surface area (Å²) in [5.74, 6) is -0.704. The number of nitrogens with one attached hydrogen (secondary N) is 2. The van der Waals surface area contributed by atoms with E-state index in [4.69, 9.17) is 4.74 Å². The predicted octanol–water partition coefficient (Wildman–Crippen LogP) is 3.97. The van der Waals surface area contributed by atoms with Crippen LogP contribution in [0.5, 0.6) is 5.75 Å². The lowest BCUT2D eigenvalue weighted by Crippen LogP contribution is -2.24. The molecule has 0 radical (unpaired) electrons. The van der Waals surface area contributed by atoms with Crippen LogP contribution in [0.2, 0.25) is 0 Å². The smallest absolute Gasteiger partial charge is 0.225 e. The maximum atomic E-state index is 13.7. The number of anilines is 2. The van der Waals surface area contributed by atoms with Crippen LogP contribution in [0.3, 0.4) is 0 Å². The number of aryl methyl sites for hydroxylation is 1. The van der Waals surface area contributed by atoms with Crippen molar-refractivity contribution >= 4 is 23.2 Å². The highest BCUT2D eigenvalue weighted by Crippen LogP contribution is 2.40. The molecule has 26 heavy (non-hydrogen) atoms. The van der Waals surface area contributed by atoms with Crippen LogP contribution < -0.4 is 15.4 Å². The largest absolute Gasteiger partial charge is 0.494 e. The average molecular weight is 356 g/mol. The van der Waals surface area contributed by atoms with Crippen LogP contribution in [0.25, 0.3) is 0 Å². The Hall–Kier alpha value is -2.89. The molecule has 0 saturated heterocycles. The van der Waals surface area contributed by atoms with Gasteiger partial charge in [0.2, 0.25) is 11.8 Å². The van der Waals surface area contributed by atoms with Crippen LogP contribution in [0.1, 0.15) is 42.4 Å². The number of fused-ring (bicyclic) bond motifs is 1. The zero-order chi connectivity index (χ0) is 18.8. The van der Waals surface area contributed by atoms with Gasteiger partial charge < -0.3 is 15.4 Å². The molecule has 0 aliphatic carbocycles. The Morgan fingerprint density at radius 1 is 1.35 bits per heavy atom. The van der Waals surface area contributed by atoms with Crippen LogP contribution in [-0.4, -0.2) is 18.9 Å². The van der Waals surface area contributed by atoms with Crippen LogP contribution >= 0.6 is 0 Å². The first kappa shape index (κ1) is 17.9. The Labute approximate surface area is 151 Å². The normalized spacial score (nSPS) is 15.8. The maximum absolute atomic E-state index is 13.7. The van der Waals surface area contributed by atoms with E-state index in [1.165, 1.54) is 13.2 Å². The number of amides is 2. The predicted molar refractivity (Wildman–Crippen MR) is 98.1 cm³/mol. The third kappa shape index (κ3) is 3.40. The average Bonchev–Trinajstić information content (AvgIpc) is 2.62. The third-order valence-electron chi connectivity index (χ3n) is 4.61. The van der Waals surface area contributed by atoms with Crippen molar-refractivity contribution in [2.75, 3.05) is 17.7 Å². The van der Waals surface area contributed by atoms with Crippen molar-refractivity contribution in [2.45, 2.75) is 32.6 Å². The van der Waals surface area contributed by atoms with Gasteiger partial charge in [0.15, 0.2) is 11.6 Å². The highest BCUT2D eigenvalue weighted by atomic mass is 19.1. The summed E-state index contributed by atoms with van der Waals surface area (Å²) < 4.78 is 18.8. The molecule has 2 amide bonds. The van der Waals surface area contributed by atoms with Gasteiger partial charge in [-0.3, -0.25) is 9.59 Å². The lowest BCUT2D eigenvalue weighted by molar-refractivity contribution is -0.117. The molecule has 1 atom stereocenters. The second-order valence-electron chi connectivity index (χ2n) is 6.35. The van der Waals surface area contributed by atoms with E-state index in [-0.39, 0.29) is 29.9 Å². The topological polar surface area (TPSA) is 67.4 Å². The number of halogens is 1. The molecule has 136 valence electrons. The van der Waals surface area contributed by atoms with E-state index in [9.17, 15) is 14.0 Å². The molecular weight excluding hydrogens is 335 g/mol. The van der Waals surface area contributed by atoms with E-state index in [1.54, 1.807) is 25.1 Å². The summed E-state index contributed by atoms with van der Waals surface area (Å²) in [6, 6.07) is 8.39. The number of hydrogen-bond acceptors (Lipinski definition) is 3. The van der Waals surface area contributed by atoms with Crippen LogP contribution in [0.15, 0.2) is 30.3 Å². The number of benzene rings is 2. The molecule has 0 aromatic heterocycles. The number of ether oxygens (including phenoxy) is 1. The summed E-state index contributed by atoms with van der Waals surface area (Å²) in [5, 5.41) is 5.71. The van der Waals surface area contributed by atoms with Crippen molar-refractivity contribution in [2.24, 2.45) is 0 Å². The molecule has 1 aliphatic heterocycles. The molecule has 6 heteroatoms. The highest BCUT2D eigenvalue weighted by molar-refractivity contribution is 5.98. The van der Waals surface area contributed by atoms with E-state index >= 15 is 0 Å². The van der Waals surface area contributed by atoms with Gasteiger partial charge in [-0.15, -0.1) is 0 Å². The lowest BCUT2D eigenvalue weighted by atomic mass is 9.83. The third-order valence-corrected chi connectivity index (χ3v) is 4.61. The fourth-order valence-electron chi connectivity index (χ4n) is 3.19. The van der Waals surface area contributed by atoms with Gasteiger partial charge in [0.25, 0.3) is 0 Å². The monoisotopic (exact) mass is 356 g/mol. The number of rotatable bonds is 4.